The topological polar surface area (TPSA) is 52.2 Å². The molecule has 0 saturated carbocycles. The predicted molar refractivity (Wildman–Crippen MR) is 112 cm³/mol. The number of nitrogens with one attached hydrogen (secondary N) is 1. The maximum Gasteiger partial charge on any atom is 0.271 e. The van der Waals surface area contributed by atoms with Gasteiger partial charge in [0.1, 0.15) is 5.69 Å². The Morgan fingerprint density at radius 2 is 1.80 bits per heavy atom. The number of carbonyl (C=O) groups excluding carboxylic acids is 1. The predicted octanol–water partition coefficient (Wildman–Crippen LogP) is 4.62. The number of nitrogens with zero attached hydrogens (tertiary/aromatic N) is 3. The Balaban J connectivity index is 1.38. The van der Waals surface area contributed by atoms with Gasteiger partial charge >= 0.3 is 0 Å². The molecule has 1 saturated heterocycles. The smallest absolute Gasteiger partial charge is 0.271 e. The highest BCUT2D eigenvalue weighted by Gasteiger charge is 2.24. The van der Waals surface area contributed by atoms with Crippen LogP contribution in [0, 0.1) is 11.6 Å². The third kappa shape index (κ3) is 4.33. The Bertz CT molecular complexity index is 1080. The molecule has 0 bridgehead atoms. The number of H-pyrrole nitrogens is 1. The molecule has 1 N–H and O–H groups in total. The second kappa shape index (κ2) is 8.71. The van der Waals surface area contributed by atoms with Crippen molar-refractivity contribution in [3.8, 4) is 11.3 Å². The highest BCUT2D eigenvalue weighted by Crippen LogP contribution is 2.28. The molecule has 0 atom stereocenters. The van der Waals surface area contributed by atoms with Gasteiger partial charge in [0.2, 0.25) is 0 Å². The molecule has 156 valence electrons. The number of aromatic amines is 1. The summed E-state index contributed by atoms with van der Waals surface area (Å²) in [5, 5.41) is 7.84. The van der Waals surface area contributed by atoms with Crippen molar-refractivity contribution in [3.63, 3.8) is 0 Å². The number of piperazine rings is 1. The first-order valence-electron chi connectivity index (χ1n) is 9.37. The quantitative estimate of drug-likeness (QED) is 0.630. The fourth-order valence-electron chi connectivity index (χ4n) is 3.43. The van der Waals surface area contributed by atoms with Crippen LogP contribution in [-0.4, -0.2) is 52.1 Å². The largest absolute Gasteiger partial charge is 0.335 e. The maximum atomic E-state index is 13.9. The fourth-order valence-corrected chi connectivity index (χ4v) is 3.72. The molecule has 0 aliphatic carbocycles. The lowest BCUT2D eigenvalue weighted by Crippen LogP contribution is -2.48. The zero-order chi connectivity index (χ0) is 21.3. The van der Waals surface area contributed by atoms with Gasteiger partial charge in [0.25, 0.3) is 5.91 Å². The second-order valence-electron chi connectivity index (χ2n) is 7.08. The third-order valence-corrected chi connectivity index (χ3v) is 5.85. The van der Waals surface area contributed by atoms with E-state index in [1.54, 1.807) is 35.2 Å². The van der Waals surface area contributed by atoms with Crippen LogP contribution in [0.5, 0.6) is 0 Å². The van der Waals surface area contributed by atoms with E-state index in [-0.39, 0.29) is 5.91 Å². The Kier molecular flexibility index (Phi) is 6.04. The molecule has 3 aromatic rings. The molecule has 0 unspecified atom stereocenters. The summed E-state index contributed by atoms with van der Waals surface area (Å²) in [4.78, 5) is 16.5. The first-order chi connectivity index (χ1) is 14.4. The number of amides is 1. The second-order valence-corrected chi connectivity index (χ2v) is 7.89. The van der Waals surface area contributed by atoms with Crippen LogP contribution in [0.25, 0.3) is 11.3 Å². The zero-order valence-corrected chi connectivity index (χ0v) is 17.4. The van der Waals surface area contributed by atoms with Crippen molar-refractivity contribution < 1.29 is 13.6 Å². The van der Waals surface area contributed by atoms with Crippen molar-refractivity contribution >= 4 is 29.1 Å². The van der Waals surface area contributed by atoms with E-state index in [0.717, 1.165) is 11.6 Å². The molecule has 1 aliphatic heterocycles. The molecule has 2 heterocycles. The van der Waals surface area contributed by atoms with Crippen molar-refractivity contribution in [3.05, 3.63) is 75.4 Å². The molecule has 1 aliphatic rings. The first-order valence-corrected chi connectivity index (χ1v) is 10.1. The van der Waals surface area contributed by atoms with Gasteiger partial charge in [-0.3, -0.25) is 14.8 Å². The molecule has 5 nitrogen and oxygen atoms in total. The summed E-state index contributed by atoms with van der Waals surface area (Å²) in [6.45, 7) is 2.40. The van der Waals surface area contributed by atoms with E-state index >= 15 is 0 Å². The molecule has 0 radical (unpaired) electrons. The van der Waals surface area contributed by atoms with Gasteiger partial charge in [0.15, 0.2) is 11.6 Å². The molecule has 1 aromatic heterocycles. The number of aromatic nitrogens is 2. The monoisotopic (exact) mass is 450 g/mol. The van der Waals surface area contributed by atoms with Crippen LogP contribution in [0.3, 0.4) is 0 Å². The van der Waals surface area contributed by atoms with Gasteiger partial charge in [-0.1, -0.05) is 41.4 Å². The van der Waals surface area contributed by atoms with Gasteiger partial charge in [-0.15, -0.1) is 0 Å². The van der Waals surface area contributed by atoms with E-state index in [1.807, 2.05) is 4.90 Å². The van der Waals surface area contributed by atoms with Crippen LogP contribution in [0.2, 0.25) is 10.0 Å². The first kappa shape index (κ1) is 20.8. The number of hydrogen-bond donors (Lipinski definition) is 1. The molecular formula is C21H18Cl2F2N4O. The minimum absolute atomic E-state index is 0.162. The van der Waals surface area contributed by atoms with Crippen molar-refractivity contribution in [1.82, 2.24) is 20.0 Å². The van der Waals surface area contributed by atoms with E-state index < -0.39 is 11.6 Å². The highest BCUT2D eigenvalue weighted by molar-refractivity contribution is 6.42. The minimum atomic E-state index is -0.849. The molecule has 1 amide bonds. The molecule has 30 heavy (non-hydrogen) atoms. The number of rotatable bonds is 4. The van der Waals surface area contributed by atoms with Crippen LogP contribution in [-0.2, 0) is 6.54 Å². The summed E-state index contributed by atoms with van der Waals surface area (Å²) >= 11 is 12.0. The fraction of sp³-hybridized carbons (Fsp3) is 0.238. The number of halogens is 4. The van der Waals surface area contributed by atoms with Crippen molar-refractivity contribution in [2.24, 2.45) is 0 Å². The summed E-state index contributed by atoms with van der Waals surface area (Å²) < 4.78 is 27.3. The Labute approximate surface area is 182 Å². The molecule has 0 spiro atoms. The summed E-state index contributed by atoms with van der Waals surface area (Å²) in [6.07, 6.45) is 0. The Morgan fingerprint density at radius 1 is 1.03 bits per heavy atom. The van der Waals surface area contributed by atoms with E-state index in [1.165, 1.54) is 6.07 Å². The van der Waals surface area contributed by atoms with Gasteiger partial charge < -0.3 is 4.90 Å². The Hall–Kier alpha value is -2.48. The van der Waals surface area contributed by atoms with Crippen molar-refractivity contribution in [2.75, 3.05) is 26.2 Å². The van der Waals surface area contributed by atoms with Gasteiger partial charge in [0, 0.05) is 43.9 Å². The Morgan fingerprint density at radius 3 is 2.53 bits per heavy atom. The average Bonchev–Trinajstić information content (AvgIpc) is 3.24. The van der Waals surface area contributed by atoms with E-state index in [2.05, 4.69) is 10.2 Å². The maximum absolute atomic E-state index is 13.9. The summed E-state index contributed by atoms with van der Waals surface area (Å²) in [5.41, 5.74) is 2.04. The van der Waals surface area contributed by atoms with E-state index in [9.17, 15) is 13.6 Å². The highest BCUT2D eigenvalue weighted by atomic mass is 35.5. The van der Waals surface area contributed by atoms with Crippen molar-refractivity contribution in [2.45, 2.75) is 6.54 Å². The summed E-state index contributed by atoms with van der Waals surface area (Å²) in [6, 6.07) is 11.0. The normalized spacial score (nSPS) is 14.9. The van der Waals surface area contributed by atoms with E-state index in [0.29, 0.717) is 59.7 Å². The van der Waals surface area contributed by atoms with Crippen LogP contribution < -0.4 is 0 Å². The SMILES string of the molecule is O=C(c1cc(-c2ccc(Cl)c(Cl)c2)n[nH]1)N1CCN(Cc2cccc(F)c2F)CC1. The molecule has 1 fully saturated rings. The molecule has 2 aromatic carbocycles. The minimum Gasteiger partial charge on any atom is -0.335 e. The zero-order valence-electron chi connectivity index (χ0n) is 15.8. The van der Waals surface area contributed by atoms with Gasteiger partial charge in [0.05, 0.1) is 15.7 Å². The van der Waals surface area contributed by atoms with Crippen LogP contribution in [0.15, 0.2) is 42.5 Å². The standard InChI is InChI=1S/C21H18Cl2F2N4O/c22-15-5-4-13(10-16(15)23)18-11-19(27-26-18)21(30)29-8-6-28(7-9-29)12-14-2-1-3-17(24)20(14)25/h1-5,10-11H,6-9,12H2,(H,26,27). The summed E-state index contributed by atoms with van der Waals surface area (Å²) in [5.74, 6) is -1.83. The van der Waals surface area contributed by atoms with Crippen LogP contribution in [0.1, 0.15) is 16.1 Å². The number of benzene rings is 2. The van der Waals surface area contributed by atoms with Crippen LogP contribution >= 0.6 is 23.2 Å². The van der Waals surface area contributed by atoms with Gasteiger partial charge in [-0.25, -0.2) is 8.78 Å². The van der Waals surface area contributed by atoms with Gasteiger partial charge in [-0.2, -0.15) is 5.10 Å². The van der Waals surface area contributed by atoms with Gasteiger partial charge in [-0.05, 0) is 24.3 Å². The molecule has 4 rings (SSSR count). The molecule has 9 heteroatoms. The molecular weight excluding hydrogens is 433 g/mol. The van der Waals surface area contributed by atoms with Crippen LogP contribution in [0.4, 0.5) is 8.78 Å². The lowest BCUT2D eigenvalue weighted by atomic mass is 10.1. The third-order valence-electron chi connectivity index (χ3n) is 5.11. The van der Waals surface area contributed by atoms with E-state index in [4.69, 9.17) is 23.2 Å². The lowest BCUT2D eigenvalue weighted by Gasteiger charge is -2.34. The lowest BCUT2D eigenvalue weighted by molar-refractivity contribution is 0.0621. The average molecular weight is 451 g/mol. The number of hydrogen-bond acceptors (Lipinski definition) is 3. The number of carbonyl (C=O) groups is 1. The summed E-state index contributed by atoms with van der Waals surface area (Å²) in [7, 11) is 0. The van der Waals surface area contributed by atoms with Crippen molar-refractivity contribution in [1.29, 1.82) is 0 Å².